The lowest BCUT2D eigenvalue weighted by atomic mass is 9.53. The van der Waals surface area contributed by atoms with Crippen LogP contribution in [0.1, 0.15) is 50.5 Å². The van der Waals surface area contributed by atoms with Gasteiger partial charge in [-0.05, 0) is 84.9 Å². The van der Waals surface area contributed by atoms with Crippen LogP contribution in [0.2, 0.25) is 0 Å². The second-order valence-corrected chi connectivity index (χ2v) is 11.4. The molecule has 3 aromatic carbocycles. The van der Waals surface area contributed by atoms with Gasteiger partial charge in [0.05, 0.1) is 6.61 Å². The van der Waals surface area contributed by atoms with Crippen molar-refractivity contribution in [3.63, 3.8) is 0 Å². The maximum absolute atomic E-state index is 6.57. The van der Waals surface area contributed by atoms with Crippen molar-refractivity contribution in [2.75, 3.05) is 6.61 Å². The lowest BCUT2D eigenvalue weighted by Gasteiger charge is -2.60. The summed E-state index contributed by atoms with van der Waals surface area (Å²) in [5.74, 6) is 4.09. The van der Waals surface area contributed by atoms with E-state index in [4.69, 9.17) is 19.2 Å². The van der Waals surface area contributed by atoms with Crippen LogP contribution < -0.4 is 4.74 Å². The first kappa shape index (κ1) is 22.5. The average Bonchev–Trinajstić information content (AvgIpc) is 2.93. The van der Waals surface area contributed by atoms with E-state index in [-0.39, 0.29) is 12.0 Å². The van der Waals surface area contributed by atoms with E-state index in [1.54, 1.807) is 0 Å². The first-order valence-corrected chi connectivity index (χ1v) is 13.6. The predicted molar refractivity (Wildman–Crippen MR) is 138 cm³/mol. The fourth-order valence-electron chi connectivity index (χ4n) is 7.38. The Bertz CT molecular complexity index is 1150. The second-order valence-electron chi connectivity index (χ2n) is 11.4. The Kier molecular flexibility index (Phi) is 5.65. The number of ether oxygens (including phenoxy) is 2. The van der Waals surface area contributed by atoms with Gasteiger partial charge < -0.3 is 9.47 Å². The molecule has 4 nitrogen and oxygen atoms in total. The zero-order valence-electron chi connectivity index (χ0n) is 20.8. The SMILES string of the molecule is C[C@H](c1ccc(Oc2ccc(-c3ccccc3)cc2)cc1)C1COC2(OO1)C1CC3CC(C1)CC2C3. The van der Waals surface area contributed by atoms with Crippen molar-refractivity contribution in [2.45, 2.75) is 56.8 Å². The van der Waals surface area contributed by atoms with E-state index in [1.807, 2.05) is 30.3 Å². The van der Waals surface area contributed by atoms with Gasteiger partial charge in [-0.1, -0.05) is 61.5 Å². The lowest BCUT2D eigenvalue weighted by molar-refractivity contribution is -0.526. The summed E-state index contributed by atoms with van der Waals surface area (Å²) in [6.07, 6.45) is 6.28. The minimum atomic E-state index is -0.489. The highest BCUT2D eigenvalue weighted by Gasteiger charge is 2.61. The third-order valence-corrected chi connectivity index (χ3v) is 9.21. The number of benzene rings is 3. The van der Waals surface area contributed by atoms with Gasteiger partial charge in [0.1, 0.15) is 17.6 Å². The summed E-state index contributed by atoms with van der Waals surface area (Å²) >= 11 is 0. The van der Waals surface area contributed by atoms with Gasteiger partial charge in [0.15, 0.2) is 0 Å². The summed E-state index contributed by atoms with van der Waals surface area (Å²) in [6.45, 7) is 2.78. The molecule has 1 spiro atoms. The van der Waals surface area contributed by atoms with Gasteiger partial charge in [-0.15, -0.1) is 0 Å². The standard InChI is InChI=1S/C32H34O4/c1-21(31-20-33-32(36-35-31)27-16-22-15-23(18-27)19-28(32)17-22)24-7-11-29(12-8-24)34-30-13-9-26(10-14-30)25-5-3-2-4-6-25/h2-14,21-23,27-28,31H,15-20H2,1H3/t21-,22?,23?,27?,28?,31?,32?/m1/s1. The van der Waals surface area contributed by atoms with Crippen molar-refractivity contribution in [1.29, 1.82) is 0 Å². The highest BCUT2D eigenvalue weighted by molar-refractivity contribution is 5.64. The quantitative estimate of drug-likeness (QED) is 0.348. The highest BCUT2D eigenvalue weighted by atomic mass is 17.2. The molecule has 5 aliphatic rings. The molecule has 4 saturated carbocycles. The summed E-state index contributed by atoms with van der Waals surface area (Å²) in [4.78, 5) is 12.3. The third-order valence-electron chi connectivity index (χ3n) is 9.21. The van der Waals surface area contributed by atoms with E-state index >= 15 is 0 Å². The minimum absolute atomic E-state index is 0.106. The molecule has 3 aromatic rings. The Morgan fingerprint density at radius 1 is 0.722 bits per heavy atom. The van der Waals surface area contributed by atoms with Crippen LogP contribution in [0.3, 0.4) is 0 Å². The third kappa shape index (κ3) is 3.96. The molecular weight excluding hydrogens is 448 g/mol. The van der Waals surface area contributed by atoms with Crippen LogP contribution >= 0.6 is 0 Å². The smallest absolute Gasteiger partial charge is 0.207 e. The largest absolute Gasteiger partial charge is 0.457 e. The van der Waals surface area contributed by atoms with Crippen LogP contribution in [-0.4, -0.2) is 18.5 Å². The van der Waals surface area contributed by atoms with Crippen LogP contribution in [0.5, 0.6) is 11.5 Å². The fourth-order valence-corrected chi connectivity index (χ4v) is 7.38. The van der Waals surface area contributed by atoms with E-state index in [0.29, 0.717) is 18.4 Å². The van der Waals surface area contributed by atoms with E-state index in [0.717, 1.165) is 23.3 Å². The first-order valence-electron chi connectivity index (χ1n) is 13.6. The highest BCUT2D eigenvalue weighted by Crippen LogP contribution is 2.61. The zero-order chi connectivity index (χ0) is 24.1. The van der Waals surface area contributed by atoms with Crippen LogP contribution in [-0.2, 0) is 14.5 Å². The van der Waals surface area contributed by atoms with E-state index in [9.17, 15) is 0 Å². The van der Waals surface area contributed by atoms with Crippen molar-refractivity contribution in [3.05, 3.63) is 84.4 Å². The molecular formula is C32H34O4. The normalized spacial score (nSPS) is 33.5. The molecule has 4 aliphatic carbocycles. The summed E-state index contributed by atoms with van der Waals surface area (Å²) in [6, 6.07) is 26.9. The van der Waals surface area contributed by atoms with Gasteiger partial charge in [0.2, 0.25) is 5.79 Å². The van der Waals surface area contributed by atoms with Crippen LogP contribution in [0.4, 0.5) is 0 Å². The molecule has 0 aromatic heterocycles. The Balaban J connectivity index is 0.974. The number of rotatable bonds is 5. The molecule has 36 heavy (non-hydrogen) atoms. The van der Waals surface area contributed by atoms with Gasteiger partial charge >= 0.3 is 0 Å². The molecule has 2 atom stereocenters. The van der Waals surface area contributed by atoms with Crippen molar-refractivity contribution < 1.29 is 19.2 Å². The van der Waals surface area contributed by atoms with E-state index in [1.165, 1.54) is 48.8 Å². The molecule has 0 radical (unpaired) electrons. The molecule has 0 amide bonds. The molecule has 186 valence electrons. The molecule has 8 rings (SSSR count). The number of hydrogen-bond acceptors (Lipinski definition) is 4. The molecule has 0 N–H and O–H groups in total. The zero-order valence-corrected chi connectivity index (χ0v) is 20.8. The number of hydrogen-bond donors (Lipinski definition) is 0. The Labute approximate surface area is 213 Å². The maximum atomic E-state index is 6.57. The van der Waals surface area contributed by atoms with Gasteiger partial charge in [0.25, 0.3) is 0 Å². The lowest BCUT2D eigenvalue weighted by Crippen LogP contribution is -2.63. The Morgan fingerprint density at radius 3 is 1.89 bits per heavy atom. The van der Waals surface area contributed by atoms with E-state index < -0.39 is 5.79 Å². The Morgan fingerprint density at radius 2 is 1.31 bits per heavy atom. The molecule has 5 fully saturated rings. The Hall–Kier alpha value is -2.66. The van der Waals surface area contributed by atoms with Crippen molar-refractivity contribution in [1.82, 2.24) is 0 Å². The van der Waals surface area contributed by atoms with Crippen LogP contribution in [0.15, 0.2) is 78.9 Å². The predicted octanol–water partition coefficient (Wildman–Crippen LogP) is 7.75. The molecule has 4 bridgehead atoms. The molecule has 1 unspecified atom stereocenters. The van der Waals surface area contributed by atoms with E-state index in [2.05, 4.69) is 55.5 Å². The molecule has 1 aliphatic heterocycles. The first-order chi connectivity index (χ1) is 17.7. The van der Waals surface area contributed by atoms with Crippen LogP contribution in [0.25, 0.3) is 11.1 Å². The maximum Gasteiger partial charge on any atom is 0.207 e. The molecule has 4 heteroatoms. The summed E-state index contributed by atoms with van der Waals surface area (Å²) in [5.41, 5.74) is 3.58. The summed E-state index contributed by atoms with van der Waals surface area (Å²) in [7, 11) is 0. The second kappa shape index (κ2) is 9.02. The fraction of sp³-hybridized carbons (Fsp3) is 0.438. The van der Waals surface area contributed by atoms with Crippen LogP contribution in [0, 0.1) is 23.7 Å². The molecule has 1 heterocycles. The van der Waals surface area contributed by atoms with Crippen molar-refractivity contribution in [3.8, 4) is 22.6 Å². The van der Waals surface area contributed by atoms with Crippen molar-refractivity contribution >= 4 is 0 Å². The van der Waals surface area contributed by atoms with Gasteiger partial charge in [-0.3, -0.25) is 0 Å². The summed E-state index contributed by atoms with van der Waals surface area (Å²) in [5, 5.41) is 0. The van der Waals surface area contributed by atoms with Crippen molar-refractivity contribution in [2.24, 2.45) is 23.7 Å². The van der Waals surface area contributed by atoms with Gasteiger partial charge in [-0.2, -0.15) is 0 Å². The topological polar surface area (TPSA) is 36.9 Å². The summed E-state index contributed by atoms with van der Waals surface area (Å²) < 4.78 is 12.7. The van der Waals surface area contributed by atoms with Gasteiger partial charge in [0, 0.05) is 17.8 Å². The monoisotopic (exact) mass is 482 g/mol. The molecule has 1 saturated heterocycles. The van der Waals surface area contributed by atoms with Gasteiger partial charge in [-0.25, -0.2) is 9.78 Å². The average molecular weight is 483 g/mol. The minimum Gasteiger partial charge on any atom is -0.457 e.